The number of methoxy groups -OCH3 is 1. The summed E-state index contributed by atoms with van der Waals surface area (Å²) in [5.41, 5.74) is 3.65. The van der Waals surface area contributed by atoms with Gasteiger partial charge in [-0.05, 0) is 16.7 Å². The van der Waals surface area contributed by atoms with Crippen molar-refractivity contribution in [3.8, 4) is 11.1 Å². The Morgan fingerprint density at radius 3 is 2.26 bits per heavy atom. The van der Waals surface area contributed by atoms with E-state index in [-0.39, 0.29) is 5.97 Å². The van der Waals surface area contributed by atoms with Gasteiger partial charge in [-0.1, -0.05) is 54.6 Å². The van der Waals surface area contributed by atoms with E-state index in [1.165, 1.54) is 23.8 Å². The van der Waals surface area contributed by atoms with Gasteiger partial charge in [-0.25, -0.2) is 0 Å². The summed E-state index contributed by atoms with van der Waals surface area (Å²) in [5.74, 6) is 1.05. The van der Waals surface area contributed by atoms with Crippen LogP contribution < -0.4 is 0 Å². The molecule has 0 aliphatic rings. The Bertz CT molecular complexity index is 520. The normalized spacial score (nSPS) is 10.2. The first-order chi connectivity index (χ1) is 9.29. The molecule has 0 amide bonds. The standard InChI is InChI=1S/C16H16O2S/c1-18-16(17)12-19-11-13-7-9-15(10-8-13)14-5-3-2-4-6-14/h2-10H,11-12H2,1H3. The fourth-order valence-electron chi connectivity index (χ4n) is 1.74. The lowest BCUT2D eigenvalue weighted by Gasteiger charge is -2.04. The van der Waals surface area contributed by atoms with Crippen LogP contribution in [0.2, 0.25) is 0 Å². The highest BCUT2D eigenvalue weighted by Crippen LogP contribution is 2.21. The third-order valence-electron chi connectivity index (χ3n) is 2.78. The van der Waals surface area contributed by atoms with E-state index < -0.39 is 0 Å². The molecule has 0 aromatic heterocycles. The third kappa shape index (κ3) is 4.14. The summed E-state index contributed by atoms with van der Waals surface area (Å²) in [5, 5.41) is 0. The van der Waals surface area contributed by atoms with Crippen LogP contribution in [-0.4, -0.2) is 18.8 Å². The monoisotopic (exact) mass is 272 g/mol. The van der Waals surface area contributed by atoms with E-state index in [0.29, 0.717) is 5.75 Å². The molecule has 0 atom stereocenters. The fourth-order valence-corrected chi connectivity index (χ4v) is 2.55. The van der Waals surface area contributed by atoms with Crippen LogP contribution in [0.1, 0.15) is 5.56 Å². The largest absolute Gasteiger partial charge is 0.468 e. The van der Waals surface area contributed by atoms with Gasteiger partial charge < -0.3 is 4.74 Å². The second-order valence-electron chi connectivity index (χ2n) is 4.13. The lowest BCUT2D eigenvalue weighted by molar-refractivity contribution is -0.137. The molecule has 2 aromatic rings. The molecule has 2 nitrogen and oxygen atoms in total. The molecule has 0 saturated heterocycles. The quantitative estimate of drug-likeness (QED) is 0.775. The van der Waals surface area contributed by atoms with Crippen molar-refractivity contribution < 1.29 is 9.53 Å². The van der Waals surface area contributed by atoms with Crippen molar-refractivity contribution in [1.82, 2.24) is 0 Å². The van der Waals surface area contributed by atoms with Crippen molar-refractivity contribution >= 4 is 17.7 Å². The van der Waals surface area contributed by atoms with E-state index in [1.54, 1.807) is 11.8 Å². The van der Waals surface area contributed by atoms with Gasteiger partial charge in [-0.2, -0.15) is 0 Å². The molecule has 0 aliphatic heterocycles. The van der Waals surface area contributed by atoms with Crippen LogP contribution in [0.15, 0.2) is 54.6 Å². The predicted molar refractivity (Wildman–Crippen MR) is 80.1 cm³/mol. The van der Waals surface area contributed by atoms with E-state index in [4.69, 9.17) is 0 Å². The van der Waals surface area contributed by atoms with Gasteiger partial charge in [0.25, 0.3) is 0 Å². The Hall–Kier alpha value is -1.74. The number of hydrogen-bond donors (Lipinski definition) is 0. The zero-order valence-electron chi connectivity index (χ0n) is 10.8. The SMILES string of the molecule is COC(=O)CSCc1ccc(-c2ccccc2)cc1. The van der Waals surface area contributed by atoms with E-state index in [9.17, 15) is 4.79 Å². The van der Waals surface area contributed by atoms with Crippen molar-refractivity contribution in [1.29, 1.82) is 0 Å². The highest BCUT2D eigenvalue weighted by Gasteiger charge is 2.01. The molecule has 0 unspecified atom stereocenters. The van der Waals surface area contributed by atoms with Gasteiger partial charge in [-0.3, -0.25) is 4.79 Å². The van der Waals surface area contributed by atoms with E-state index in [0.717, 1.165) is 5.75 Å². The molecule has 2 aromatic carbocycles. The van der Waals surface area contributed by atoms with Crippen LogP contribution in [-0.2, 0) is 15.3 Å². The molecule has 2 rings (SSSR count). The zero-order valence-corrected chi connectivity index (χ0v) is 11.7. The van der Waals surface area contributed by atoms with Crippen molar-refractivity contribution in [2.75, 3.05) is 12.9 Å². The molecule has 0 bridgehead atoms. The Morgan fingerprint density at radius 2 is 1.63 bits per heavy atom. The zero-order chi connectivity index (χ0) is 13.5. The van der Waals surface area contributed by atoms with Crippen LogP contribution in [0.3, 0.4) is 0 Å². The van der Waals surface area contributed by atoms with Gasteiger partial charge in [-0.15, -0.1) is 11.8 Å². The van der Waals surface area contributed by atoms with E-state index in [2.05, 4.69) is 41.1 Å². The summed E-state index contributed by atoms with van der Waals surface area (Å²) >= 11 is 1.57. The number of ether oxygens (including phenoxy) is 1. The number of carbonyl (C=O) groups is 1. The molecule has 0 heterocycles. The van der Waals surface area contributed by atoms with Crippen molar-refractivity contribution in [3.05, 3.63) is 60.2 Å². The first kappa shape index (κ1) is 13.7. The van der Waals surface area contributed by atoms with Crippen LogP contribution in [0.4, 0.5) is 0 Å². The number of benzene rings is 2. The summed E-state index contributed by atoms with van der Waals surface area (Å²) in [6.45, 7) is 0. The summed E-state index contributed by atoms with van der Waals surface area (Å²) in [7, 11) is 1.41. The molecule has 19 heavy (non-hydrogen) atoms. The number of rotatable bonds is 5. The van der Waals surface area contributed by atoms with Crippen molar-refractivity contribution in [2.45, 2.75) is 5.75 Å². The number of thioether (sulfide) groups is 1. The van der Waals surface area contributed by atoms with Crippen LogP contribution >= 0.6 is 11.8 Å². The highest BCUT2D eigenvalue weighted by atomic mass is 32.2. The Labute approximate surface area is 117 Å². The Kier molecular flexibility index (Phi) is 5.04. The lowest BCUT2D eigenvalue weighted by atomic mass is 10.0. The number of esters is 1. The van der Waals surface area contributed by atoms with Gasteiger partial charge in [0.15, 0.2) is 0 Å². The molecule has 0 N–H and O–H groups in total. The molecule has 0 aliphatic carbocycles. The minimum absolute atomic E-state index is 0.175. The molecule has 0 radical (unpaired) electrons. The maximum Gasteiger partial charge on any atom is 0.315 e. The maximum absolute atomic E-state index is 11.0. The van der Waals surface area contributed by atoms with Gasteiger partial charge in [0.2, 0.25) is 0 Å². The topological polar surface area (TPSA) is 26.3 Å². The van der Waals surface area contributed by atoms with Crippen LogP contribution in [0.5, 0.6) is 0 Å². The molecule has 98 valence electrons. The predicted octanol–water partition coefficient (Wildman–Crippen LogP) is 3.76. The first-order valence-electron chi connectivity index (χ1n) is 6.08. The molecule has 0 saturated carbocycles. The summed E-state index contributed by atoms with van der Waals surface area (Å²) in [6.07, 6.45) is 0. The average Bonchev–Trinajstić information content (AvgIpc) is 2.48. The third-order valence-corrected chi connectivity index (χ3v) is 3.75. The summed E-state index contributed by atoms with van der Waals surface area (Å²) in [4.78, 5) is 11.0. The smallest absolute Gasteiger partial charge is 0.315 e. The number of hydrogen-bond acceptors (Lipinski definition) is 3. The summed E-state index contributed by atoms with van der Waals surface area (Å²) in [6, 6.07) is 18.7. The van der Waals surface area contributed by atoms with Crippen LogP contribution in [0.25, 0.3) is 11.1 Å². The fraction of sp³-hybridized carbons (Fsp3) is 0.188. The van der Waals surface area contributed by atoms with Gasteiger partial charge in [0, 0.05) is 5.75 Å². The second-order valence-corrected chi connectivity index (χ2v) is 5.12. The van der Waals surface area contributed by atoms with Crippen LogP contribution in [0, 0.1) is 0 Å². The maximum atomic E-state index is 11.0. The Balaban J connectivity index is 1.94. The lowest BCUT2D eigenvalue weighted by Crippen LogP contribution is -2.03. The molecular weight excluding hydrogens is 256 g/mol. The number of carbonyl (C=O) groups excluding carboxylic acids is 1. The van der Waals surface area contributed by atoms with Gasteiger partial charge in [0.05, 0.1) is 12.9 Å². The van der Waals surface area contributed by atoms with Gasteiger partial charge >= 0.3 is 5.97 Å². The highest BCUT2D eigenvalue weighted by molar-refractivity contribution is 7.99. The van der Waals surface area contributed by atoms with E-state index in [1.807, 2.05) is 18.2 Å². The van der Waals surface area contributed by atoms with E-state index >= 15 is 0 Å². The summed E-state index contributed by atoms with van der Waals surface area (Å²) < 4.78 is 4.61. The molecule has 3 heteroatoms. The molecular formula is C16H16O2S. The first-order valence-corrected chi connectivity index (χ1v) is 7.24. The average molecular weight is 272 g/mol. The minimum Gasteiger partial charge on any atom is -0.468 e. The van der Waals surface area contributed by atoms with Crippen molar-refractivity contribution in [2.24, 2.45) is 0 Å². The van der Waals surface area contributed by atoms with Crippen molar-refractivity contribution in [3.63, 3.8) is 0 Å². The molecule has 0 fully saturated rings. The molecule has 0 spiro atoms. The minimum atomic E-state index is -0.175. The van der Waals surface area contributed by atoms with Gasteiger partial charge in [0.1, 0.15) is 0 Å². The Morgan fingerprint density at radius 1 is 1.00 bits per heavy atom. The second kappa shape index (κ2) is 7.00.